The average Bonchev–Trinajstić information content (AvgIpc) is 3.16. The average molecular weight is 407 g/mol. The van der Waals surface area contributed by atoms with Gasteiger partial charge in [-0.2, -0.15) is 0 Å². The predicted octanol–water partition coefficient (Wildman–Crippen LogP) is 4.98. The summed E-state index contributed by atoms with van der Waals surface area (Å²) < 4.78 is 0. The van der Waals surface area contributed by atoms with Gasteiger partial charge in [-0.15, -0.1) is 0 Å². The molecule has 0 heterocycles. The molecule has 0 spiro atoms. The van der Waals surface area contributed by atoms with Gasteiger partial charge >= 0.3 is 0 Å². The quantitative estimate of drug-likeness (QED) is 0.681. The first-order chi connectivity index (χ1) is 13.1. The second-order valence-electron chi connectivity index (χ2n) is 6.91. The van der Waals surface area contributed by atoms with E-state index in [0.717, 1.165) is 17.8 Å². The third-order valence-electron chi connectivity index (χ3n) is 4.97. The van der Waals surface area contributed by atoms with Gasteiger partial charge < -0.3 is 10.4 Å². The Kier molecular flexibility index (Phi) is 7.13. The molecule has 0 saturated heterocycles. The van der Waals surface area contributed by atoms with Crippen molar-refractivity contribution in [2.24, 2.45) is 0 Å². The van der Waals surface area contributed by atoms with E-state index in [9.17, 15) is 9.90 Å². The van der Waals surface area contributed by atoms with Crippen molar-refractivity contribution in [1.29, 1.82) is 0 Å². The highest BCUT2D eigenvalue weighted by molar-refractivity contribution is 6.37. The van der Waals surface area contributed by atoms with E-state index in [0.29, 0.717) is 28.2 Å². The number of nitrogens with one attached hydrogen (secondary N) is 1. The Morgan fingerprint density at radius 2 is 1.93 bits per heavy atom. The summed E-state index contributed by atoms with van der Waals surface area (Å²) in [6.07, 6.45) is 4.88. The number of aliphatic hydroxyl groups excluding tert-OH is 1. The molecule has 1 aliphatic rings. The lowest BCUT2D eigenvalue weighted by Gasteiger charge is -2.28. The monoisotopic (exact) mass is 406 g/mol. The van der Waals surface area contributed by atoms with Crippen LogP contribution in [0.1, 0.15) is 41.6 Å². The maximum atomic E-state index is 12.5. The van der Waals surface area contributed by atoms with Gasteiger partial charge in [-0.25, -0.2) is 0 Å². The number of carbonyl (C=O) groups is 1. The number of anilines is 1. The number of halogens is 2. The highest BCUT2D eigenvalue weighted by atomic mass is 35.5. The molecule has 4 nitrogen and oxygen atoms in total. The SMILES string of the molecule is O=C(Nc1cccc(CN(CCO)C2CCCC2)c1)c1ccc(Cl)cc1Cl. The summed E-state index contributed by atoms with van der Waals surface area (Å²) in [4.78, 5) is 14.8. The molecule has 144 valence electrons. The minimum Gasteiger partial charge on any atom is -0.395 e. The Labute approximate surface area is 170 Å². The zero-order valence-electron chi connectivity index (χ0n) is 15.1. The van der Waals surface area contributed by atoms with Crippen LogP contribution in [0, 0.1) is 0 Å². The zero-order valence-corrected chi connectivity index (χ0v) is 16.6. The molecule has 0 unspecified atom stereocenters. The minimum absolute atomic E-state index is 0.155. The number of hydrogen-bond acceptors (Lipinski definition) is 3. The molecule has 0 radical (unpaired) electrons. The van der Waals surface area contributed by atoms with Crippen molar-refractivity contribution < 1.29 is 9.90 Å². The Hall–Kier alpha value is -1.59. The van der Waals surface area contributed by atoms with Gasteiger partial charge in [-0.05, 0) is 48.7 Å². The molecule has 2 aromatic rings. The van der Waals surface area contributed by atoms with Gasteiger partial charge in [0.1, 0.15) is 0 Å². The summed E-state index contributed by atoms with van der Waals surface area (Å²) in [5.41, 5.74) is 2.22. The number of aliphatic hydroxyl groups is 1. The molecule has 1 fully saturated rings. The lowest BCUT2D eigenvalue weighted by molar-refractivity contribution is 0.102. The summed E-state index contributed by atoms with van der Waals surface area (Å²) >= 11 is 12.0. The summed E-state index contributed by atoms with van der Waals surface area (Å²) in [5, 5.41) is 13.1. The first kappa shape index (κ1) is 20.2. The number of rotatable bonds is 7. The number of hydrogen-bond donors (Lipinski definition) is 2. The summed E-state index contributed by atoms with van der Waals surface area (Å²) in [5.74, 6) is -0.267. The third kappa shape index (κ3) is 5.45. The van der Waals surface area contributed by atoms with Gasteiger partial charge in [0.15, 0.2) is 0 Å². The number of benzene rings is 2. The lowest BCUT2D eigenvalue weighted by Crippen LogP contribution is -2.35. The van der Waals surface area contributed by atoms with Crippen LogP contribution in [0.4, 0.5) is 5.69 Å². The van der Waals surface area contributed by atoms with Gasteiger partial charge in [0.25, 0.3) is 5.91 Å². The van der Waals surface area contributed by atoms with Crippen molar-refractivity contribution in [2.45, 2.75) is 38.3 Å². The Morgan fingerprint density at radius 1 is 1.15 bits per heavy atom. The summed E-state index contributed by atoms with van der Waals surface area (Å²) in [6.45, 7) is 1.58. The van der Waals surface area contributed by atoms with Crippen LogP contribution >= 0.6 is 23.2 Å². The van der Waals surface area contributed by atoms with E-state index in [1.165, 1.54) is 25.7 Å². The Balaban J connectivity index is 1.69. The highest BCUT2D eigenvalue weighted by Gasteiger charge is 2.22. The molecule has 27 heavy (non-hydrogen) atoms. The standard InChI is InChI=1S/C21H24Cl2N2O2/c22-16-8-9-19(20(23)13-16)21(27)24-17-5-3-4-15(12-17)14-25(10-11-26)18-6-1-2-7-18/h3-5,8-9,12-13,18,26H,1-2,6-7,10-11,14H2,(H,24,27). The van der Waals surface area contributed by atoms with E-state index in [4.69, 9.17) is 23.2 Å². The second kappa shape index (κ2) is 9.56. The molecule has 0 atom stereocenters. The molecule has 1 saturated carbocycles. The van der Waals surface area contributed by atoms with Crippen LogP contribution in [0.25, 0.3) is 0 Å². The van der Waals surface area contributed by atoms with Crippen LogP contribution in [-0.4, -0.2) is 35.1 Å². The first-order valence-corrected chi connectivity index (χ1v) is 10.0. The summed E-state index contributed by atoms with van der Waals surface area (Å²) in [6, 6.07) is 13.2. The molecule has 2 N–H and O–H groups in total. The van der Waals surface area contributed by atoms with Crippen LogP contribution in [-0.2, 0) is 6.54 Å². The molecule has 6 heteroatoms. The Bertz CT molecular complexity index is 792. The topological polar surface area (TPSA) is 52.6 Å². The third-order valence-corrected chi connectivity index (χ3v) is 5.52. The van der Waals surface area contributed by atoms with Crippen LogP contribution < -0.4 is 5.32 Å². The van der Waals surface area contributed by atoms with E-state index >= 15 is 0 Å². The molecule has 1 aliphatic carbocycles. The fourth-order valence-corrected chi connectivity index (χ4v) is 4.14. The van der Waals surface area contributed by atoms with Crippen molar-refractivity contribution in [3.63, 3.8) is 0 Å². The van der Waals surface area contributed by atoms with E-state index in [1.54, 1.807) is 18.2 Å². The van der Waals surface area contributed by atoms with Gasteiger partial charge in [0, 0.05) is 29.8 Å². The molecule has 0 bridgehead atoms. The van der Waals surface area contributed by atoms with E-state index < -0.39 is 0 Å². The van der Waals surface area contributed by atoms with Crippen molar-refractivity contribution >= 4 is 34.8 Å². The summed E-state index contributed by atoms with van der Waals surface area (Å²) in [7, 11) is 0. The maximum absolute atomic E-state index is 12.5. The smallest absolute Gasteiger partial charge is 0.257 e. The van der Waals surface area contributed by atoms with E-state index in [1.807, 2.05) is 24.3 Å². The van der Waals surface area contributed by atoms with Gasteiger partial charge in [-0.1, -0.05) is 48.2 Å². The maximum Gasteiger partial charge on any atom is 0.257 e. The van der Waals surface area contributed by atoms with Crippen molar-refractivity contribution in [3.8, 4) is 0 Å². The van der Waals surface area contributed by atoms with Gasteiger partial charge in [0.2, 0.25) is 0 Å². The minimum atomic E-state index is -0.267. The fourth-order valence-electron chi connectivity index (χ4n) is 3.64. The van der Waals surface area contributed by atoms with Crippen LogP contribution in [0.2, 0.25) is 10.0 Å². The van der Waals surface area contributed by atoms with E-state index in [-0.39, 0.29) is 12.5 Å². The molecule has 3 rings (SSSR count). The predicted molar refractivity (Wildman–Crippen MR) is 111 cm³/mol. The van der Waals surface area contributed by atoms with Crippen LogP contribution in [0.5, 0.6) is 0 Å². The zero-order chi connectivity index (χ0) is 19.2. The number of nitrogens with zero attached hydrogens (tertiary/aromatic N) is 1. The highest BCUT2D eigenvalue weighted by Crippen LogP contribution is 2.26. The molecular formula is C21H24Cl2N2O2. The number of carbonyl (C=O) groups excluding carboxylic acids is 1. The van der Waals surface area contributed by atoms with E-state index in [2.05, 4.69) is 10.2 Å². The first-order valence-electron chi connectivity index (χ1n) is 9.27. The largest absolute Gasteiger partial charge is 0.395 e. The van der Waals surface area contributed by atoms with Crippen molar-refractivity contribution in [1.82, 2.24) is 4.90 Å². The number of amides is 1. The van der Waals surface area contributed by atoms with Gasteiger partial charge in [0.05, 0.1) is 17.2 Å². The van der Waals surface area contributed by atoms with Gasteiger partial charge in [-0.3, -0.25) is 9.69 Å². The molecular weight excluding hydrogens is 383 g/mol. The molecule has 1 amide bonds. The molecule has 2 aromatic carbocycles. The molecule has 0 aliphatic heterocycles. The normalized spacial score (nSPS) is 14.7. The van der Waals surface area contributed by atoms with Crippen molar-refractivity contribution in [2.75, 3.05) is 18.5 Å². The second-order valence-corrected chi connectivity index (χ2v) is 7.75. The molecule has 0 aromatic heterocycles. The van der Waals surface area contributed by atoms with Crippen LogP contribution in [0.3, 0.4) is 0 Å². The Morgan fingerprint density at radius 3 is 2.63 bits per heavy atom. The fraction of sp³-hybridized carbons (Fsp3) is 0.381. The lowest BCUT2D eigenvalue weighted by atomic mass is 10.1. The van der Waals surface area contributed by atoms with Crippen molar-refractivity contribution in [3.05, 3.63) is 63.6 Å². The van der Waals surface area contributed by atoms with Crippen LogP contribution in [0.15, 0.2) is 42.5 Å².